The number of hydrogen-bond acceptors (Lipinski definition) is 5. The molecule has 0 aliphatic rings. The normalized spacial score (nSPS) is 11.7. The van der Waals surface area contributed by atoms with E-state index in [-0.39, 0.29) is 29.6 Å². The zero-order valence-electron chi connectivity index (χ0n) is 13.0. The molecule has 0 fully saturated rings. The largest absolute Gasteiger partial charge is 0.330 e. The summed E-state index contributed by atoms with van der Waals surface area (Å²) in [5.74, 6) is 0.0458. The van der Waals surface area contributed by atoms with Crippen LogP contribution < -0.4 is 15.2 Å². The van der Waals surface area contributed by atoms with Crippen molar-refractivity contribution < 1.29 is 16.8 Å². The Morgan fingerprint density at radius 1 is 1.04 bits per heavy atom. The van der Waals surface area contributed by atoms with Gasteiger partial charge >= 0.3 is 0 Å². The molecule has 1 aromatic carbocycles. The lowest BCUT2D eigenvalue weighted by Crippen LogP contribution is -2.26. The van der Waals surface area contributed by atoms with Crippen LogP contribution in [0.25, 0.3) is 0 Å². The highest BCUT2D eigenvalue weighted by atomic mass is 35.5. The van der Waals surface area contributed by atoms with Gasteiger partial charge in [0.25, 0.3) is 0 Å². The van der Waals surface area contributed by atoms with Gasteiger partial charge in [0.1, 0.15) is 0 Å². The summed E-state index contributed by atoms with van der Waals surface area (Å²) in [6.07, 6.45) is 1.91. The van der Waals surface area contributed by atoms with E-state index in [1.54, 1.807) is 0 Å². The molecule has 0 amide bonds. The van der Waals surface area contributed by atoms with E-state index in [0.717, 1.165) is 6.42 Å². The van der Waals surface area contributed by atoms with E-state index in [2.05, 4.69) is 9.44 Å². The van der Waals surface area contributed by atoms with Crippen molar-refractivity contribution in [3.63, 3.8) is 0 Å². The van der Waals surface area contributed by atoms with Gasteiger partial charge in [-0.2, -0.15) is 0 Å². The van der Waals surface area contributed by atoms with E-state index in [4.69, 9.17) is 5.73 Å². The molecular weight excluding hydrogens is 362 g/mol. The molecule has 0 aliphatic heterocycles. The predicted octanol–water partition coefficient (Wildman–Crippen LogP) is 1.28. The Labute approximate surface area is 144 Å². The van der Waals surface area contributed by atoms with Gasteiger partial charge in [-0.05, 0) is 43.7 Å². The van der Waals surface area contributed by atoms with Crippen LogP contribution >= 0.6 is 12.4 Å². The maximum Gasteiger partial charge on any atom is 0.240 e. The first-order chi connectivity index (χ1) is 10.3. The molecule has 0 aliphatic carbocycles. The molecule has 0 heterocycles. The van der Waals surface area contributed by atoms with Crippen LogP contribution in [0, 0.1) is 0 Å². The van der Waals surface area contributed by atoms with E-state index in [0.29, 0.717) is 25.1 Å². The maximum atomic E-state index is 12.0. The summed E-state index contributed by atoms with van der Waals surface area (Å²) in [4.78, 5) is 0.0843. The minimum atomic E-state index is -3.59. The third kappa shape index (κ3) is 7.98. The zero-order valence-corrected chi connectivity index (χ0v) is 15.4. The Balaban J connectivity index is 0.00000484. The minimum absolute atomic E-state index is 0. The molecule has 0 atom stereocenters. The second-order valence-corrected chi connectivity index (χ2v) is 8.45. The van der Waals surface area contributed by atoms with E-state index in [1.165, 1.54) is 24.3 Å². The summed E-state index contributed by atoms with van der Waals surface area (Å²) in [7, 11) is -6.98. The molecule has 134 valence electrons. The Bertz CT molecular complexity index is 661. The highest BCUT2D eigenvalue weighted by Crippen LogP contribution is 2.15. The zero-order chi connectivity index (χ0) is 16.6. The summed E-state index contributed by atoms with van der Waals surface area (Å²) in [6.45, 7) is 2.58. The second kappa shape index (κ2) is 10.1. The summed E-state index contributed by atoms with van der Waals surface area (Å²) in [5.41, 5.74) is 5.65. The van der Waals surface area contributed by atoms with Crippen LogP contribution in [0.5, 0.6) is 0 Å². The fourth-order valence-electron chi connectivity index (χ4n) is 1.66. The van der Waals surface area contributed by atoms with Gasteiger partial charge in [-0.1, -0.05) is 13.3 Å². The van der Waals surface area contributed by atoms with Gasteiger partial charge in [0, 0.05) is 12.2 Å². The van der Waals surface area contributed by atoms with Gasteiger partial charge in [0.05, 0.1) is 10.6 Å². The van der Waals surface area contributed by atoms with Crippen LogP contribution in [0.15, 0.2) is 29.2 Å². The molecule has 0 saturated heterocycles. The molecule has 23 heavy (non-hydrogen) atoms. The molecule has 0 saturated carbocycles. The van der Waals surface area contributed by atoms with Crippen molar-refractivity contribution in [2.24, 2.45) is 5.73 Å². The van der Waals surface area contributed by atoms with Crippen LogP contribution in [-0.4, -0.2) is 35.7 Å². The summed E-state index contributed by atoms with van der Waals surface area (Å²) >= 11 is 0. The lowest BCUT2D eigenvalue weighted by molar-refractivity contribution is 0.579. The molecule has 7 nitrogen and oxygen atoms in total. The third-order valence-electron chi connectivity index (χ3n) is 2.88. The van der Waals surface area contributed by atoms with Gasteiger partial charge < -0.3 is 5.73 Å². The van der Waals surface area contributed by atoms with E-state index >= 15 is 0 Å². The minimum Gasteiger partial charge on any atom is -0.330 e. The van der Waals surface area contributed by atoms with Crippen LogP contribution in [0.4, 0.5) is 5.69 Å². The summed E-state index contributed by atoms with van der Waals surface area (Å²) in [6, 6.07) is 5.59. The quantitative estimate of drug-likeness (QED) is 0.524. The number of halogens is 1. The maximum absolute atomic E-state index is 12.0. The van der Waals surface area contributed by atoms with Crippen molar-refractivity contribution in [2.75, 3.05) is 23.6 Å². The number of nitrogens with one attached hydrogen (secondary N) is 2. The van der Waals surface area contributed by atoms with Crippen molar-refractivity contribution in [1.29, 1.82) is 0 Å². The van der Waals surface area contributed by atoms with Crippen LogP contribution in [0.1, 0.15) is 26.2 Å². The van der Waals surface area contributed by atoms with Gasteiger partial charge in [0.2, 0.25) is 20.0 Å². The molecular formula is C13H24ClN3O4S2. The first kappa shape index (κ1) is 22.1. The molecule has 0 spiro atoms. The van der Waals surface area contributed by atoms with Crippen molar-refractivity contribution in [1.82, 2.24) is 4.72 Å². The Morgan fingerprint density at radius 3 is 2.17 bits per heavy atom. The molecule has 1 aromatic rings. The lowest BCUT2D eigenvalue weighted by Gasteiger charge is -2.09. The van der Waals surface area contributed by atoms with Crippen molar-refractivity contribution >= 4 is 38.1 Å². The first-order valence-corrected chi connectivity index (χ1v) is 10.2. The Morgan fingerprint density at radius 2 is 1.65 bits per heavy atom. The van der Waals surface area contributed by atoms with Crippen LogP contribution in [-0.2, 0) is 20.0 Å². The lowest BCUT2D eigenvalue weighted by atomic mass is 10.3. The highest BCUT2D eigenvalue weighted by molar-refractivity contribution is 7.92. The average molecular weight is 386 g/mol. The predicted molar refractivity (Wildman–Crippen MR) is 94.9 cm³/mol. The monoisotopic (exact) mass is 385 g/mol. The van der Waals surface area contributed by atoms with Crippen molar-refractivity contribution in [3.8, 4) is 0 Å². The molecule has 1 rings (SSSR count). The SMILES string of the molecule is CCCCS(=O)(=O)Nc1ccc(S(=O)(=O)NCCCN)cc1.Cl. The number of hydrogen-bond donors (Lipinski definition) is 3. The molecule has 0 aromatic heterocycles. The van der Waals surface area contributed by atoms with E-state index < -0.39 is 20.0 Å². The van der Waals surface area contributed by atoms with Gasteiger partial charge in [0.15, 0.2) is 0 Å². The average Bonchev–Trinajstić information content (AvgIpc) is 2.45. The van der Waals surface area contributed by atoms with Crippen LogP contribution in [0.3, 0.4) is 0 Å². The summed E-state index contributed by atoms with van der Waals surface area (Å²) in [5, 5.41) is 0. The Kier molecular flexibility index (Phi) is 9.71. The van der Waals surface area contributed by atoms with Crippen molar-refractivity contribution in [3.05, 3.63) is 24.3 Å². The first-order valence-electron chi connectivity index (χ1n) is 7.11. The van der Waals surface area contributed by atoms with Gasteiger partial charge in [-0.15, -0.1) is 12.4 Å². The number of nitrogens with two attached hydrogens (primary N) is 1. The fraction of sp³-hybridized carbons (Fsp3) is 0.538. The smallest absolute Gasteiger partial charge is 0.240 e. The Hall–Kier alpha value is -0.870. The topological polar surface area (TPSA) is 118 Å². The van der Waals surface area contributed by atoms with E-state index in [9.17, 15) is 16.8 Å². The number of rotatable bonds is 10. The molecule has 4 N–H and O–H groups in total. The van der Waals surface area contributed by atoms with Crippen molar-refractivity contribution in [2.45, 2.75) is 31.1 Å². The third-order valence-corrected chi connectivity index (χ3v) is 5.73. The molecule has 0 radical (unpaired) electrons. The molecule has 0 unspecified atom stereocenters. The second-order valence-electron chi connectivity index (χ2n) is 4.84. The number of anilines is 1. The number of benzene rings is 1. The van der Waals surface area contributed by atoms with Gasteiger partial charge in [-0.25, -0.2) is 21.6 Å². The molecule has 0 bridgehead atoms. The molecule has 10 heteroatoms. The highest BCUT2D eigenvalue weighted by Gasteiger charge is 2.14. The number of unbranched alkanes of at least 4 members (excludes halogenated alkanes) is 1. The fourth-order valence-corrected chi connectivity index (χ4v) is 4.00. The summed E-state index contributed by atoms with van der Waals surface area (Å²) < 4.78 is 52.3. The van der Waals surface area contributed by atoms with Gasteiger partial charge in [-0.3, -0.25) is 4.72 Å². The van der Waals surface area contributed by atoms with Crippen LogP contribution in [0.2, 0.25) is 0 Å². The number of sulfonamides is 2. The standard InChI is InChI=1S/C13H23N3O4S2.ClH/c1-2-3-11-21(17,18)16-12-5-7-13(8-6-12)22(19,20)15-10-4-9-14;/h5-8,15-16H,2-4,9-11,14H2,1H3;1H. The van der Waals surface area contributed by atoms with E-state index in [1.807, 2.05) is 6.92 Å².